The van der Waals surface area contributed by atoms with Crippen LogP contribution < -0.4 is 5.32 Å². The van der Waals surface area contributed by atoms with E-state index in [1.807, 2.05) is 12.1 Å². The molecular weight excluding hydrogens is 336 g/mol. The van der Waals surface area contributed by atoms with Crippen molar-refractivity contribution in [2.24, 2.45) is 0 Å². The number of amides is 1. The van der Waals surface area contributed by atoms with Crippen molar-refractivity contribution < 1.29 is 19.4 Å². The van der Waals surface area contributed by atoms with E-state index >= 15 is 0 Å². The number of aliphatic hydroxyl groups is 1. The second-order valence-electron chi connectivity index (χ2n) is 6.43. The number of carbonyl (C=O) groups is 2. The smallest absolute Gasteiger partial charge is 0.337 e. The first-order valence-electron chi connectivity index (χ1n) is 8.43. The highest BCUT2D eigenvalue weighted by atomic mass is 16.5. The van der Waals surface area contributed by atoms with Gasteiger partial charge in [-0.2, -0.15) is 0 Å². The van der Waals surface area contributed by atoms with Gasteiger partial charge in [0.25, 0.3) is 5.91 Å². The molecule has 0 radical (unpaired) electrons. The largest absolute Gasteiger partial charge is 0.466 e. The average Bonchev–Trinajstić information content (AvgIpc) is 3.18. The molecule has 0 bridgehead atoms. The lowest BCUT2D eigenvalue weighted by Crippen LogP contribution is -2.31. The van der Waals surface area contributed by atoms with E-state index in [-0.39, 0.29) is 42.8 Å². The first kappa shape index (κ1) is 17.9. The number of esters is 1. The Labute approximate surface area is 150 Å². The number of aromatic nitrogens is 2. The van der Waals surface area contributed by atoms with Gasteiger partial charge in [-0.15, -0.1) is 0 Å². The molecule has 0 saturated carbocycles. The number of imidazole rings is 1. The predicted octanol–water partition coefficient (Wildman–Crippen LogP) is 1.36. The van der Waals surface area contributed by atoms with Crippen LogP contribution in [0.25, 0.3) is 11.0 Å². The molecule has 1 aliphatic rings. The van der Waals surface area contributed by atoms with E-state index in [0.29, 0.717) is 5.69 Å². The second kappa shape index (κ2) is 7.17. The third-order valence-electron chi connectivity index (χ3n) is 4.27. The highest BCUT2D eigenvalue weighted by molar-refractivity contribution is 6.08. The normalized spacial score (nSPS) is 14.7. The zero-order valence-corrected chi connectivity index (χ0v) is 15.0. The second-order valence-corrected chi connectivity index (χ2v) is 6.43. The average molecular weight is 358 g/mol. The Hall–Kier alpha value is -2.87. The highest BCUT2D eigenvalue weighted by Crippen LogP contribution is 2.25. The van der Waals surface area contributed by atoms with Crippen molar-refractivity contribution in [2.45, 2.75) is 19.8 Å². The van der Waals surface area contributed by atoms with Crippen LogP contribution in [0.1, 0.15) is 25.6 Å². The number of anilines is 1. The lowest BCUT2D eigenvalue weighted by atomic mass is 10.2. The van der Waals surface area contributed by atoms with Gasteiger partial charge in [-0.3, -0.25) is 4.79 Å². The van der Waals surface area contributed by atoms with E-state index in [2.05, 4.69) is 29.1 Å². The van der Waals surface area contributed by atoms with Crippen molar-refractivity contribution in [3.8, 4) is 0 Å². The fourth-order valence-electron chi connectivity index (χ4n) is 2.87. The van der Waals surface area contributed by atoms with Crippen molar-refractivity contribution in [3.05, 3.63) is 35.3 Å². The molecule has 1 aromatic carbocycles. The maximum atomic E-state index is 12.6. The first-order valence-corrected chi connectivity index (χ1v) is 8.43. The molecule has 8 heteroatoms. The van der Waals surface area contributed by atoms with Gasteiger partial charge in [0.15, 0.2) is 0 Å². The third kappa shape index (κ3) is 3.28. The SMILES string of the molecule is COC(=O)C1=C(Nc2ccc3nc(C(C)C)[nH]c3c2)C(=O)N(CCO)C1. The lowest BCUT2D eigenvalue weighted by molar-refractivity contribution is -0.136. The zero-order chi connectivity index (χ0) is 18.8. The molecule has 0 aliphatic carbocycles. The molecule has 0 spiro atoms. The van der Waals surface area contributed by atoms with Crippen LogP contribution in [0, 0.1) is 0 Å². The molecule has 138 valence electrons. The summed E-state index contributed by atoms with van der Waals surface area (Å²) in [7, 11) is 1.27. The van der Waals surface area contributed by atoms with E-state index in [1.165, 1.54) is 12.0 Å². The van der Waals surface area contributed by atoms with Crippen molar-refractivity contribution >= 4 is 28.6 Å². The van der Waals surface area contributed by atoms with Gasteiger partial charge in [0, 0.05) is 18.2 Å². The first-order chi connectivity index (χ1) is 12.4. The minimum Gasteiger partial charge on any atom is -0.466 e. The lowest BCUT2D eigenvalue weighted by Gasteiger charge is -2.15. The molecular formula is C18H22N4O4. The summed E-state index contributed by atoms with van der Waals surface area (Å²) in [5.74, 6) is 0.256. The van der Waals surface area contributed by atoms with E-state index in [9.17, 15) is 9.59 Å². The summed E-state index contributed by atoms with van der Waals surface area (Å²) in [5.41, 5.74) is 2.76. The van der Waals surface area contributed by atoms with Crippen LogP contribution in [0.3, 0.4) is 0 Å². The Kier molecular flexibility index (Phi) is 4.94. The van der Waals surface area contributed by atoms with Crippen molar-refractivity contribution in [2.75, 3.05) is 32.1 Å². The number of hydrogen-bond donors (Lipinski definition) is 3. The zero-order valence-electron chi connectivity index (χ0n) is 15.0. The van der Waals surface area contributed by atoms with Crippen LogP contribution in [-0.2, 0) is 14.3 Å². The van der Waals surface area contributed by atoms with Crippen LogP contribution in [0.2, 0.25) is 0 Å². The quantitative estimate of drug-likeness (QED) is 0.673. The minimum atomic E-state index is -0.564. The summed E-state index contributed by atoms with van der Waals surface area (Å²) in [5, 5.41) is 12.1. The number of ether oxygens (including phenoxy) is 1. The van der Waals surface area contributed by atoms with Crippen molar-refractivity contribution in [1.82, 2.24) is 14.9 Å². The molecule has 3 N–H and O–H groups in total. The van der Waals surface area contributed by atoms with E-state index in [0.717, 1.165) is 16.9 Å². The summed E-state index contributed by atoms with van der Waals surface area (Å²) < 4.78 is 4.78. The summed E-state index contributed by atoms with van der Waals surface area (Å²) in [6.45, 7) is 4.19. The Balaban J connectivity index is 1.92. The number of aromatic amines is 1. The minimum absolute atomic E-state index is 0.109. The summed E-state index contributed by atoms with van der Waals surface area (Å²) in [4.78, 5) is 33.8. The van der Waals surface area contributed by atoms with Gasteiger partial charge >= 0.3 is 5.97 Å². The van der Waals surface area contributed by atoms with Gasteiger partial charge in [-0.05, 0) is 18.2 Å². The topological polar surface area (TPSA) is 108 Å². The molecule has 3 rings (SSSR count). The number of β-amino-alcohol motifs (C(OH)–C–C–N with tert-alkyl or cyclic N) is 1. The molecule has 0 unspecified atom stereocenters. The molecule has 2 heterocycles. The van der Waals surface area contributed by atoms with E-state index < -0.39 is 5.97 Å². The predicted molar refractivity (Wildman–Crippen MR) is 96.5 cm³/mol. The number of methoxy groups -OCH3 is 1. The molecule has 1 aliphatic heterocycles. The number of H-pyrrole nitrogens is 1. The van der Waals surface area contributed by atoms with E-state index in [4.69, 9.17) is 9.84 Å². The third-order valence-corrected chi connectivity index (χ3v) is 4.27. The molecule has 8 nitrogen and oxygen atoms in total. The van der Waals surface area contributed by atoms with Gasteiger partial charge in [-0.25, -0.2) is 9.78 Å². The molecule has 1 aromatic heterocycles. The Bertz CT molecular complexity index is 884. The van der Waals surface area contributed by atoms with Gasteiger partial charge < -0.3 is 25.0 Å². The van der Waals surface area contributed by atoms with Crippen LogP contribution >= 0.6 is 0 Å². The molecule has 2 aromatic rings. The maximum Gasteiger partial charge on any atom is 0.337 e. The number of hydrogen-bond acceptors (Lipinski definition) is 6. The fourth-order valence-corrected chi connectivity index (χ4v) is 2.87. The number of aliphatic hydroxyl groups excluding tert-OH is 1. The van der Waals surface area contributed by atoms with Gasteiger partial charge in [0.1, 0.15) is 11.5 Å². The van der Waals surface area contributed by atoms with Gasteiger partial charge in [0.05, 0.1) is 36.9 Å². The summed E-state index contributed by atoms with van der Waals surface area (Å²) in [6, 6.07) is 5.50. The van der Waals surface area contributed by atoms with Crippen LogP contribution in [0.5, 0.6) is 0 Å². The Morgan fingerprint density at radius 2 is 2.23 bits per heavy atom. The summed E-state index contributed by atoms with van der Waals surface area (Å²) >= 11 is 0. The number of nitrogens with one attached hydrogen (secondary N) is 2. The monoisotopic (exact) mass is 358 g/mol. The van der Waals surface area contributed by atoms with Crippen LogP contribution in [0.15, 0.2) is 29.5 Å². The highest BCUT2D eigenvalue weighted by Gasteiger charge is 2.34. The van der Waals surface area contributed by atoms with Gasteiger partial charge in [0.2, 0.25) is 0 Å². The van der Waals surface area contributed by atoms with Gasteiger partial charge in [-0.1, -0.05) is 13.8 Å². The fraction of sp³-hybridized carbons (Fsp3) is 0.389. The molecule has 1 amide bonds. The van der Waals surface area contributed by atoms with E-state index in [1.54, 1.807) is 6.07 Å². The number of benzene rings is 1. The Morgan fingerprint density at radius 3 is 2.88 bits per heavy atom. The number of rotatable bonds is 6. The van der Waals surface area contributed by atoms with Crippen molar-refractivity contribution in [1.29, 1.82) is 0 Å². The number of nitrogens with zero attached hydrogens (tertiary/aromatic N) is 2. The van der Waals surface area contributed by atoms with Crippen molar-refractivity contribution in [3.63, 3.8) is 0 Å². The molecule has 26 heavy (non-hydrogen) atoms. The molecule has 0 saturated heterocycles. The molecule has 0 atom stereocenters. The molecule has 0 fully saturated rings. The number of fused-ring (bicyclic) bond motifs is 1. The Morgan fingerprint density at radius 1 is 1.46 bits per heavy atom. The summed E-state index contributed by atoms with van der Waals surface area (Å²) in [6.07, 6.45) is 0. The van der Waals surface area contributed by atoms with Crippen LogP contribution in [0.4, 0.5) is 5.69 Å². The standard InChI is InChI=1S/C18H22N4O4/c1-10(2)16-20-13-5-4-11(8-14(13)21-16)19-15-12(18(25)26-3)9-22(6-7-23)17(15)24/h4-5,8,10,19,23H,6-7,9H2,1-3H3,(H,20,21). The number of carbonyl (C=O) groups excluding carboxylic acids is 2. The van der Waals surface area contributed by atoms with Crippen LogP contribution in [-0.4, -0.2) is 58.7 Å². The maximum absolute atomic E-state index is 12.6.